The summed E-state index contributed by atoms with van der Waals surface area (Å²) in [7, 11) is 0. The highest BCUT2D eigenvalue weighted by Gasteiger charge is 2.07. The Morgan fingerprint density at radius 1 is 1.29 bits per heavy atom. The van der Waals surface area contributed by atoms with Crippen molar-refractivity contribution < 1.29 is 10.2 Å². The summed E-state index contributed by atoms with van der Waals surface area (Å²) >= 11 is 0. The van der Waals surface area contributed by atoms with E-state index in [1.165, 1.54) is 0 Å². The molecule has 0 heterocycles. The van der Waals surface area contributed by atoms with Crippen LogP contribution in [0.1, 0.15) is 25.8 Å². The van der Waals surface area contributed by atoms with Crippen molar-refractivity contribution in [1.29, 1.82) is 0 Å². The van der Waals surface area contributed by atoms with Gasteiger partial charge in [-0.15, -0.1) is 0 Å². The fraction of sp³-hybridized carbons (Fsp3) is 0.455. The zero-order valence-electron chi connectivity index (χ0n) is 8.62. The van der Waals surface area contributed by atoms with E-state index in [0.29, 0.717) is 18.2 Å². The van der Waals surface area contributed by atoms with Gasteiger partial charge in [0.1, 0.15) is 11.5 Å². The lowest BCUT2D eigenvalue weighted by Gasteiger charge is -2.12. The van der Waals surface area contributed by atoms with Crippen LogP contribution in [0.5, 0.6) is 11.5 Å². The van der Waals surface area contributed by atoms with Gasteiger partial charge in [0, 0.05) is 18.2 Å². The minimum atomic E-state index is 0.140. The molecule has 0 saturated heterocycles. The van der Waals surface area contributed by atoms with Crippen LogP contribution in [0.15, 0.2) is 18.2 Å². The van der Waals surface area contributed by atoms with E-state index in [-0.39, 0.29) is 11.5 Å². The highest BCUT2D eigenvalue weighted by molar-refractivity contribution is 5.42. The first-order valence-corrected chi connectivity index (χ1v) is 4.88. The average molecular weight is 195 g/mol. The van der Waals surface area contributed by atoms with Gasteiger partial charge in [-0.2, -0.15) is 0 Å². The van der Waals surface area contributed by atoms with Gasteiger partial charge in [-0.1, -0.05) is 13.0 Å². The Hall–Kier alpha value is -1.22. The number of rotatable bonds is 4. The minimum Gasteiger partial charge on any atom is -0.507 e. The number of phenolic OH excluding ortho intramolecular Hbond substituents is 2. The lowest BCUT2D eigenvalue weighted by Crippen LogP contribution is -2.24. The summed E-state index contributed by atoms with van der Waals surface area (Å²) in [5, 5.41) is 22.2. The first-order chi connectivity index (χ1) is 6.65. The first kappa shape index (κ1) is 10.9. The zero-order chi connectivity index (χ0) is 10.6. The molecule has 1 unspecified atom stereocenters. The average Bonchev–Trinajstić information content (AvgIpc) is 2.16. The van der Waals surface area contributed by atoms with Crippen LogP contribution >= 0.6 is 0 Å². The molecule has 0 aliphatic carbocycles. The number of nitrogens with one attached hydrogen (secondary N) is 1. The van der Waals surface area contributed by atoms with E-state index in [4.69, 9.17) is 0 Å². The highest BCUT2D eigenvalue weighted by Crippen LogP contribution is 2.25. The molecule has 3 N–H and O–H groups in total. The lowest BCUT2D eigenvalue weighted by molar-refractivity contribution is 0.426. The van der Waals surface area contributed by atoms with E-state index >= 15 is 0 Å². The Morgan fingerprint density at radius 3 is 2.36 bits per heavy atom. The molecule has 14 heavy (non-hydrogen) atoms. The second-order valence-electron chi connectivity index (χ2n) is 3.47. The topological polar surface area (TPSA) is 52.5 Å². The third kappa shape index (κ3) is 2.64. The lowest BCUT2D eigenvalue weighted by atomic mass is 10.1. The van der Waals surface area contributed by atoms with Crippen molar-refractivity contribution in [2.24, 2.45) is 0 Å². The molecule has 0 bridgehead atoms. The van der Waals surface area contributed by atoms with Crippen molar-refractivity contribution >= 4 is 0 Å². The fourth-order valence-corrected chi connectivity index (χ4v) is 1.16. The quantitative estimate of drug-likeness (QED) is 0.688. The van der Waals surface area contributed by atoms with Gasteiger partial charge in [0.05, 0.1) is 0 Å². The molecule has 0 aliphatic heterocycles. The molecule has 0 aromatic heterocycles. The minimum absolute atomic E-state index is 0.140. The van der Waals surface area contributed by atoms with Gasteiger partial charge in [0.2, 0.25) is 0 Å². The third-order valence-corrected chi connectivity index (χ3v) is 2.37. The maximum Gasteiger partial charge on any atom is 0.123 e. The predicted octanol–water partition coefficient (Wildman–Crippen LogP) is 1.99. The van der Waals surface area contributed by atoms with E-state index in [2.05, 4.69) is 19.2 Å². The number of phenols is 2. The van der Waals surface area contributed by atoms with Crippen LogP contribution in [0.2, 0.25) is 0 Å². The molecule has 1 aromatic rings. The standard InChI is InChI=1S/C11H17NO2/c1-3-8(2)12-7-9-10(13)5-4-6-11(9)14/h4-6,8,12-14H,3,7H2,1-2H3. The summed E-state index contributed by atoms with van der Waals surface area (Å²) < 4.78 is 0. The molecule has 0 saturated carbocycles. The molecule has 0 fully saturated rings. The smallest absolute Gasteiger partial charge is 0.123 e. The zero-order valence-corrected chi connectivity index (χ0v) is 8.62. The van der Waals surface area contributed by atoms with Gasteiger partial charge in [0.15, 0.2) is 0 Å². The van der Waals surface area contributed by atoms with Gasteiger partial charge in [-0.25, -0.2) is 0 Å². The van der Waals surface area contributed by atoms with Crippen molar-refractivity contribution in [3.8, 4) is 11.5 Å². The van der Waals surface area contributed by atoms with Gasteiger partial charge in [0.25, 0.3) is 0 Å². The number of hydrogen-bond donors (Lipinski definition) is 3. The van der Waals surface area contributed by atoms with Crippen molar-refractivity contribution in [2.45, 2.75) is 32.9 Å². The Labute approximate surface area is 84.4 Å². The van der Waals surface area contributed by atoms with E-state index in [0.717, 1.165) is 6.42 Å². The van der Waals surface area contributed by atoms with Crippen LogP contribution in [-0.4, -0.2) is 16.3 Å². The summed E-state index contributed by atoms with van der Waals surface area (Å²) in [6.07, 6.45) is 1.02. The van der Waals surface area contributed by atoms with Gasteiger partial charge in [-0.05, 0) is 25.5 Å². The summed E-state index contributed by atoms with van der Waals surface area (Å²) in [6, 6.07) is 5.16. The van der Waals surface area contributed by atoms with Crippen molar-refractivity contribution in [2.75, 3.05) is 0 Å². The molecule has 1 aromatic carbocycles. The molecule has 0 radical (unpaired) electrons. The Kier molecular flexibility index (Phi) is 3.77. The third-order valence-electron chi connectivity index (χ3n) is 2.37. The maximum absolute atomic E-state index is 9.48. The molecular weight excluding hydrogens is 178 g/mol. The van der Waals surface area contributed by atoms with E-state index in [1.54, 1.807) is 18.2 Å². The molecule has 3 heteroatoms. The Bertz CT molecular complexity index is 279. The number of hydrogen-bond acceptors (Lipinski definition) is 3. The van der Waals surface area contributed by atoms with Crippen molar-refractivity contribution in [1.82, 2.24) is 5.32 Å². The Morgan fingerprint density at radius 2 is 1.86 bits per heavy atom. The SMILES string of the molecule is CCC(C)NCc1c(O)cccc1O. The molecular formula is C11H17NO2. The molecule has 78 valence electrons. The summed E-state index contributed by atoms with van der Waals surface area (Å²) in [5.41, 5.74) is 0.563. The predicted molar refractivity (Wildman–Crippen MR) is 56.4 cm³/mol. The van der Waals surface area contributed by atoms with E-state index < -0.39 is 0 Å². The van der Waals surface area contributed by atoms with E-state index in [1.807, 2.05) is 0 Å². The van der Waals surface area contributed by atoms with Gasteiger partial charge >= 0.3 is 0 Å². The first-order valence-electron chi connectivity index (χ1n) is 4.88. The number of benzene rings is 1. The summed E-state index contributed by atoms with van der Waals surface area (Å²) in [5.74, 6) is 0.279. The van der Waals surface area contributed by atoms with Crippen LogP contribution in [0.4, 0.5) is 0 Å². The highest BCUT2D eigenvalue weighted by atomic mass is 16.3. The fourth-order valence-electron chi connectivity index (χ4n) is 1.16. The van der Waals surface area contributed by atoms with Crippen LogP contribution in [0, 0.1) is 0 Å². The van der Waals surface area contributed by atoms with Crippen LogP contribution in [0.3, 0.4) is 0 Å². The summed E-state index contributed by atoms with van der Waals surface area (Å²) in [4.78, 5) is 0. The molecule has 3 nitrogen and oxygen atoms in total. The van der Waals surface area contributed by atoms with Crippen molar-refractivity contribution in [3.63, 3.8) is 0 Å². The molecule has 0 amide bonds. The normalized spacial score (nSPS) is 12.7. The second kappa shape index (κ2) is 4.86. The number of aromatic hydroxyl groups is 2. The second-order valence-corrected chi connectivity index (χ2v) is 3.47. The van der Waals surface area contributed by atoms with Gasteiger partial charge < -0.3 is 15.5 Å². The molecule has 1 atom stereocenters. The van der Waals surface area contributed by atoms with Crippen LogP contribution in [-0.2, 0) is 6.54 Å². The van der Waals surface area contributed by atoms with Crippen LogP contribution < -0.4 is 5.32 Å². The summed E-state index contributed by atoms with van der Waals surface area (Å²) in [6.45, 7) is 4.65. The monoisotopic (exact) mass is 195 g/mol. The maximum atomic E-state index is 9.48. The largest absolute Gasteiger partial charge is 0.507 e. The van der Waals surface area contributed by atoms with Gasteiger partial charge in [-0.3, -0.25) is 0 Å². The van der Waals surface area contributed by atoms with E-state index in [9.17, 15) is 10.2 Å². The molecule has 1 rings (SSSR count). The van der Waals surface area contributed by atoms with Crippen molar-refractivity contribution in [3.05, 3.63) is 23.8 Å². The molecule has 0 aliphatic rings. The Balaban J connectivity index is 2.66. The molecule has 0 spiro atoms. The van der Waals surface area contributed by atoms with Crippen LogP contribution in [0.25, 0.3) is 0 Å².